The quantitative estimate of drug-likeness (QED) is 0.347. The van der Waals surface area contributed by atoms with Gasteiger partial charge in [0.25, 0.3) is 0 Å². The number of hydrogen-bond acceptors (Lipinski definition) is 5. The molecule has 7 heteroatoms. The maximum atomic E-state index is 12.5. The van der Waals surface area contributed by atoms with Crippen LogP contribution < -0.4 is 0 Å². The molecule has 0 saturated carbocycles. The molecule has 1 unspecified atom stereocenters. The molecule has 1 saturated heterocycles. The van der Waals surface area contributed by atoms with Crippen LogP contribution in [0.3, 0.4) is 0 Å². The summed E-state index contributed by atoms with van der Waals surface area (Å²) >= 11 is 0. The van der Waals surface area contributed by atoms with E-state index < -0.39 is 0 Å². The molecular weight excluding hydrogens is 332 g/mol. The van der Waals surface area contributed by atoms with Gasteiger partial charge in [0.15, 0.2) is 6.29 Å². The van der Waals surface area contributed by atoms with Crippen molar-refractivity contribution in [2.45, 2.75) is 51.7 Å². The first kappa shape index (κ1) is 19.9. The SMILES string of the molecule is CCC(CCC#N)(CCC(=O)Cc1ccccc1N=[N+]=[N-])C1OCCO1. The van der Waals surface area contributed by atoms with Gasteiger partial charge in [0.05, 0.1) is 19.3 Å². The summed E-state index contributed by atoms with van der Waals surface area (Å²) in [7, 11) is 0. The first-order valence-electron chi connectivity index (χ1n) is 8.90. The molecule has 0 radical (unpaired) electrons. The van der Waals surface area contributed by atoms with Crippen LogP contribution in [-0.4, -0.2) is 25.3 Å². The number of rotatable bonds is 10. The lowest BCUT2D eigenvalue weighted by molar-refractivity contribution is -0.144. The van der Waals surface area contributed by atoms with E-state index in [9.17, 15) is 4.79 Å². The zero-order valence-electron chi connectivity index (χ0n) is 15.1. The molecule has 138 valence electrons. The van der Waals surface area contributed by atoms with Crippen LogP contribution in [-0.2, 0) is 20.7 Å². The van der Waals surface area contributed by atoms with Crippen LogP contribution in [0.4, 0.5) is 5.69 Å². The number of hydrogen-bond donors (Lipinski definition) is 0. The Morgan fingerprint density at radius 2 is 2.12 bits per heavy atom. The Morgan fingerprint density at radius 1 is 1.38 bits per heavy atom. The summed E-state index contributed by atoms with van der Waals surface area (Å²) in [6.45, 7) is 3.14. The van der Waals surface area contributed by atoms with Gasteiger partial charge in [-0.3, -0.25) is 4.79 Å². The standard InChI is InChI=1S/C19H24N4O3/c1-2-19(9-5-11-20,18-25-12-13-26-18)10-8-16(24)14-15-6-3-4-7-17(15)22-23-21/h3-4,6-7,18H,2,5,8-10,12-14H2,1H3. The zero-order valence-corrected chi connectivity index (χ0v) is 15.1. The van der Waals surface area contributed by atoms with E-state index in [1.165, 1.54) is 0 Å². The van der Waals surface area contributed by atoms with Gasteiger partial charge in [0.1, 0.15) is 5.78 Å². The maximum absolute atomic E-state index is 12.5. The first-order chi connectivity index (χ1) is 12.6. The minimum absolute atomic E-state index is 0.0679. The number of benzene rings is 1. The average molecular weight is 356 g/mol. The highest BCUT2D eigenvalue weighted by atomic mass is 16.7. The second-order valence-electron chi connectivity index (χ2n) is 6.48. The van der Waals surface area contributed by atoms with E-state index in [0.29, 0.717) is 44.6 Å². The molecule has 7 nitrogen and oxygen atoms in total. The average Bonchev–Trinajstić information content (AvgIpc) is 3.19. The van der Waals surface area contributed by atoms with Gasteiger partial charge in [-0.05, 0) is 30.4 Å². The number of ketones is 1. The maximum Gasteiger partial charge on any atom is 0.163 e. The van der Waals surface area contributed by atoms with Gasteiger partial charge < -0.3 is 9.47 Å². The van der Waals surface area contributed by atoms with Gasteiger partial charge in [-0.25, -0.2) is 0 Å². The van der Waals surface area contributed by atoms with Gasteiger partial charge in [0, 0.05) is 35.3 Å². The molecule has 2 rings (SSSR count). The van der Waals surface area contributed by atoms with Crippen LogP contribution in [0.25, 0.3) is 10.4 Å². The Labute approximate surface area is 153 Å². The zero-order chi connectivity index (χ0) is 18.8. The van der Waals surface area contributed by atoms with Crippen LogP contribution in [0.1, 0.15) is 44.6 Å². The summed E-state index contributed by atoms with van der Waals surface area (Å²) in [6, 6.07) is 9.28. The molecule has 1 aromatic carbocycles. The van der Waals surface area contributed by atoms with Gasteiger partial charge in [-0.1, -0.05) is 36.3 Å². The third kappa shape index (κ3) is 5.06. The van der Waals surface area contributed by atoms with Gasteiger partial charge >= 0.3 is 0 Å². The van der Waals surface area contributed by atoms with Crippen molar-refractivity contribution in [1.82, 2.24) is 0 Å². The molecule has 0 spiro atoms. The van der Waals surface area contributed by atoms with E-state index in [2.05, 4.69) is 16.1 Å². The fraction of sp³-hybridized carbons (Fsp3) is 0.579. The summed E-state index contributed by atoms with van der Waals surface area (Å²) in [5.41, 5.74) is 9.52. The van der Waals surface area contributed by atoms with E-state index in [-0.39, 0.29) is 23.9 Å². The molecule has 1 heterocycles. The van der Waals surface area contributed by atoms with Crippen LogP contribution in [0, 0.1) is 16.7 Å². The van der Waals surface area contributed by atoms with Crippen LogP contribution >= 0.6 is 0 Å². The number of nitrogens with zero attached hydrogens (tertiary/aromatic N) is 4. The number of Topliss-reactive ketones (excluding diaryl/α,β-unsaturated/α-hetero) is 1. The van der Waals surface area contributed by atoms with Crippen molar-refractivity contribution in [3.05, 3.63) is 40.3 Å². The second kappa shape index (κ2) is 9.93. The fourth-order valence-corrected chi connectivity index (χ4v) is 3.39. The van der Waals surface area contributed by atoms with Crippen LogP contribution in [0.5, 0.6) is 0 Å². The lowest BCUT2D eigenvalue weighted by Crippen LogP contribution is -2.36. The molecule has 1 atom stereocenters. The Hall–Kier alpha value is -2.39. The van der Waals surface area contributed by atoms with Crippen molar-refractivity contribution in [2.75, 3.05) is 13.2 Å². The Kier molecular flexibility index (Phi) is 7.61. The van der Waals surface area contributed by atoms with Crippen molar-refractivity contribution in [1.29, 1.82) is 5.26 Å². The molecule has 1 aliphatic heterocycles. The predicted octanol–water partition coefficient (Wildman–Crippen LogP) is 4.59. The number of carbonyl (C=O) groups excluding carboxylic acids is 1. The Morgan fingerprint density at radius 3 is 2.77 bits per heavy atom. The number of ether oxygens (including phenoxy) is 2. The molecular formula is C19H24N4O3. The lowest BCUT2D eigenvalue weighted by atomic mass is 9.75. The van der Waals surface area contributed by atoms with Crippen molar-refractivity contribution < 1.29 is 14.3 Å². The van der Waals surface area contributed by atoms with Gasteiger partial charge in [-0.2, -0.15) is 5.26 Å². The third-order valence-corrected chi connectivity index (χ3v) is 4.99. The molecule has 0 bridgehead atoms. The number of nitriles is 1. The van der Waals surface area contributed by atoms with Gasteiger partial charge in [-0.15, -0.1) is 0 Å². The number of azide groups is 1. The molecule has 1 aliphatic rings. The van der Waals surface area contributed by atoms with E-state index in [1.807, 2.05) is 13.0 Å². The van der Waals surface area contributed by atoms with Crippen LogP contribution in [0.2, 0.25) is 0 Å². The molecule has 0 amide bonds. The summed E-state index contributed by atoms with van der Waals surface area (Å²) in [5.74, 6) is 0.0679. The molecule has 0 N–H and O–H groups in total. The summed E-state index contributed by atoms with van der Waals surface area (Å²) in [6.07, 6.45) is 2.68. The van der Waals surface area contributed by atoms with E-state index in [4.69, 9.17) is 20.3 Å². The van der Waals surface area contributed by atoms with Crippen molar-refractivity contribution >= 4 is 11.5 Å². The van der Waals surface area contributed by atoms with Crippen LogP contribution in [0.15, 0.2) is 29.4 Å². The minimum Gasteiger partial charge on any atom is -0.350 e. The van der Waals surface area contributed by atoms with Crippen molar-refractivity contribution in [3.63, 3.8) is 0 Å². The second-order valence-corrected chi connectivity index (χ2v) is 6.48. The van der Waals surface area contributed by atoms with E-state index in [0.717, 1.165) is 12.0 Å². The number of carbonyl (C=O) groups is 1. The summed E-state index contributed by atoms with van der Waals surface area (Å²) in [5, 5.41) is 12.6. The Balaban J connectivity index is 2.04. The minimum atomic E-state index is -0.357. The smallest absolute Gasteiger partial charge is 0.163 e. The molecule has 26 heavy (non-hydrogen) atoms. The highest BCUT2D eigenvalue weighted by molar-refractivity contribution is 5.82. The normalized spacial score (nSPS) is 16.5. The molecule has 0 aliphatic carbocycles. The summed E-state index contributed by atoms with van der Waals surface area (Å²) in [4.78, 5) is 15.3. The molecule has 0 aromatic heterocycles. The Bertz CT molecular complexity index is 703. The fourth-order valence-electron chi connectivity index (χ4n) is 3.39. The predicted molar refractivity (Wildman–Crippen MR) is 96.5 cm³/mol. The van der Waals surface area contributed by atoms with Crippen molar-refractivity contribution in [2.24, 2.45) is 10.5 Å². The lowest BCUT2D eigenvalue weighted by Gasteiger charge is -2.36. The molecule has 1 aromatic rings. The third-order valence-electron chi connectivity index (χ3n) is 4.99. The topological polar surface area (TPSA) is 108 Å². The van der Waals surface area contributed by atoms with E-state index in [1.54, 1.807) is 18.2 Å². The highest BCUT2D eigenvalue weighted by Crippen LogP contribution is 2.41. The summed E-state index contributed by atoms with van der Waals surface area (Å²) < 4.78 is 11.4. The van der Waals surface area contributed by atoms with Crippen molar-refractivity contribution in [3.8, 4) is 6.07 Å². The largest absolute Gasteiger partial charge is 0.350 e. The monoisotopic (exact) mass is 356 g/mol. The van der Waals surface area contributed by atoms with Gasteiger partial charge in [0.2, 0.25) is 0 Å². The highest BCUT2D eigenvalue weighted by Gasteiger charge is 2.40. The molecule has 1 fully saturated rings. The van der Waals surface area contributed by atoms with E-state index >= 15 is 0 Å². The first-order valence-corrected chi connectivity index (χ1v) is 8.90.